The molecule has 0 fully saturated rings. The van der Waals surface area contributed by atoms with Crippen LogP contribution in [0.3, 0.4) is 0 Å². The fourth-order valence-corrected chi connectivity index (χ4v) is 1.75. The number of hydrogen-bond donors (Lipinski definition) is 2. The van der Waals surface area contributed by atoms with E-state index in [1.165, 1.54) is 12.1 Å². The second-order valence-electron chi connectivity index (χ2n) is 3.35. The van der Waals surface area contributed by atoms with Crippen molar-refractivity contribution in [2.45, 2.75) is 12.3 Å². The van der Waals surface area contributed by atoms with Crippen LogP contribution in [0.25, 0.3) is 0 Å². The van der Waals surface area contributed by atoms with Crippen molar-refractivity contribution in [3.63, 3.8) is 0 Å². The predicted molar refractivity (Wildman–Crippen MR) is 51.4 cm³/mol. The standard InChI is InChI=1S/C10H11FN2O/c11-6-1-2-9-8(5-6)7(3-4-12)10(14)13-9/h1-2,5,7H,3-4,12H2,(H,13,14)/t7-/m0/s1. The first-order valence-electron chi connectivity index (χ1n) is 4.52. The number of rotatable bonds is 2. The summed E-state index contributed by atoms with van der Waals surface area (Å²) in [5.74, 6) is -0.691. The van der Waals surface area contributed by atoms with Gasteiger partial charge in [-0.3, -0.25) is 4.79 Å². The number of nitrogens with one attached hydrogen (secondary N) is 1. The third-order valence-corrected chi connectivity index (χ3v) is 2.42. The van der Waals surface area contributed by atoms with Crippen molar-refractivity contribution in [2.24, 2.45) is 5.73 Å². The smallest absolute Gasteiger partial charge is 0.232 e. The lowest BCUT2D eigenvalue weighted by Crippen LogP contribution is -2.15. The maximum absolute atomic E-state index is 12.9. The lowest BCUT2D eigenvalue weighted by Gasteiger charge is -2.05. The summed E-state index contributed by atoms with van der Waals surface area (Å²) in [5.41, 5.74) is 6.82. The van der Waals surface area contributed by atoms with E-state index in [2.05, 4.69) is 5.32 Å². The highest BCUT2D eigenvalue weighted by Gasteiger charge is 2.29. The number of halogens is 1. The van der Waals surface area contributed by atoms with Crippen molar-refractivity contribution in [3.8, 4) is 0 Å². The average Bonchev–Trinajstić information content (AvgIpc) is 2.45. The SMILES string of the molecule is NCC[C@@H]1C(=O)Nc2ccc(F)cc21. The van der Waals surface area contributed by atoms with Gasteiger partial charge in [0.1, 0.15) is 5.82 Å². The van der Waals surface area contributed by atoms with Gasteiger partial charge in [0, 0.05) is 5.69 Å². The van der Waals surface area contributed by atoms with Gasteiger partial charge in [-0.2, -0.15) is 0 Å². The first-order valence-corrected chi connectivity index (χ1v) is 4.52. The van der Waals surface area contributed by atoms with Crippen molar-refractivity contribution < 1.29 is 9.18 Å². The Labute approximate surface area is 81.1 Å². The molecule has 0 radical (unpaired) electrons. The highest BCUT2D eigenvalue weighted by molar-refractivity contribution is 6.02. The van der Waals surface area contributed by atoms with Crippen LogP contribution in [0.1, 0.15) is 17.9 Å². The van der Waals surface area contributed by atoms with Gasteiger partial charge >= 0.3 is 0 Å². The number of fused-ring (bicyclic) bond motifs is 1. The number of amides is 1. The lowest BCUT2D eigenvalue weighted by molar-refractivity contribution is -0.117. The molecule has 0 saturated heterocycles. The van der Waals surface area contributed by atoms with E-state index < -0.39 is 0 Å². The normalized spacial score (nSPS) is 19.3. The van der Waals surface area contributed by atoms with Crippen LogP contribution in [-0.4, -0.2) is 12.5 Å². The number of hydrogen-bond acceptors (Lipinski definition) is 2. The van der Waals surface area contributed by atoms with Crippen molar-refractivity contribution in [1.82, 2.24) is 0 Å². The Balaban J connectivity index is 2.39. The van der Waals surface area contributed by atoms with Crippen LogP contribution in [0.5, 0.6) is 0 Å². The molecule has 0 bridgehead atoms. The minimum Gasteiger partial charge on any atom is -0.330 e. The third-order valence-electron chi connectivity index (χ3n) is 2.42. The van der Waals surface area contributed by atoms with Gasteiger partial charge in [0.05, 0.1) is 5.92 Å². The monoisotopic (exact) mass is 194 g/mol. The average molecular weight is 194 g/mol. The summed E-state index contributed by atoms with van der Waals surface area (Å²) in [6.45, 7) is 0.425. The summed E-state index contributed by atoms with van der Waals surface area (Å²) in [6, 6.07) is 4.32. The zero-order chi connectivity index (χ0) is 10.1. The van der Waals surface area contributed by atoms with Crippen LogP contribution in [-0.2, 0) is 4.79 Å². The molecule has 0 unspecified atom stereocenters. The Morgan fingerprint density at radius 1 is 1.50 bits per heavy atom. The van der Waals surface area contributed by atoms with E-state index in [-0.39, 0.29) is 17.6 Å². The molecule has 14 heavy (non-hydrogen) atoms. The fourth-order valence-electron chi connectivity index (χ4n) is 1.75. The molecular formula is C10H11FN2O. The number of anilines is 1. The van der Waals surface area contributed by atoms with Crippen molar-refractivity contribution in [2.75, 3.05) is 11.9 Å². The second-order valence-corrected chi connectivity index (χ2v) is 3.35. The topological polar surface area (TPSA) is 55.1 Å². The molecule has 4 heteroatoms. The maximum Gasteiger partial charge on any atom is 0.232 e. The molecule has 1 aliphatic heterocycles. The molecule has 0 aromatic heterocycles. The largest absolute Gasteiger partial charge is 0.330 e. The minimum absolute atomic E-state index is 0.0870. The lowest BCUT2D eigenvalue weighted by atomic mass is 9.97. The first-order chi connectivity index (χ1) is 6.72. The molecule has 1 heterocycles. The van der Waals surface area contributed by atoms with Crippen LogP contribution in [0.15, 0.2) is 18.2 Å². The Morgan fingerprint density at radius 2 is 2.29 bits per heavy atom. The fraction of sp³-hybridized carbons (Fsp3) is 0.300. The van der Waals surface area contributed by atoms with Crippen LogP contribution in [0.4, 0.5) is 10.1 Å². The summed E-state index contributed by atoms with van der Waals surface area (Å²) in [6.07, 6.45) is 0.558. The minimum atomic E-state index is -0.317. The van der Waals surface area contributed by atoms with Gasteiger partial charge in [-0.05, 0) is 36.7 Å². The first kappa shape index (κ1) is 9.15. The predicted octanol–water partition coefficient (Wildman–Crippen LogP) is 1.21. The molecule has 0 saturated carbocycles. The third kappa shape index (κ3) is 1.37. The molecular weight excluding hydrogens is 183 g/mol. The summed E-state index contributed by atoms with van der Waals surface area (Å²) >= 11 is 0. The van der Waals surface area contributed by atoms with Gasteiger partial charge in [-0.15, -0.1) is 0 Å². The van der Waals surface area contributed by atoms with E-state index in [1.807, 2.05) is 0 Å². The molecule has 1 aliphatic rings. The molecule has 3 nitrogen and oxygen atoms in total. The van der Waals surface area contributed by atoms with E-state index in [1.54, 1.807) is 6.07 Å². The van der Waals surface area contributed by atoms with Gasteiger partial charge in [0.25, 0.3) is 0 Å². The van der Waals surface area contributed by atoms with Gasteiger partial charge in [-0.1, -0.05) is 0 Å². The molecule has 74 valence electrons. The van der Waals surface area contributed by atoms with Crippen LogP contribution in [0, 0.1) is 5.82 Å². The molecule has 1 amide bonds. The van der Waals surface area contributed by atoms with E-state index in [9.17, 15) is 9.18 Å². The van der Waals surface area contributed by atoms with Gasteiger partial charge in [0.15, 0.2) is 0 Å². The summed E-state index contributed by atoms with van der Waals surface area (Å²) in [5, 5.41) is 2.70. The van der Waals surface area contributed by atoms with E-state index in [0.717, 1.165) is 5.56 Å². The molecule has 3 N–H and O–H groups in total. The quantitative estimate of drug-likeness (QED) is 0.743. The summed E-state index contributed by atoms with van der Waals surface area (Å²) < 4.78 is 12.9. The van der Waals surface area contributed by atoms with Crippen LogP contribution in [0.2, 0.25) is 0 Å². The highest BCUT2D eigenvalue weighted by Crippen LogP contribution is 2.34. The van der Waals surface area contributed by atoms with Crippen LogP contribution >= 0.6 is 0 Å². The zero-order valence-electron chi connectivity index (χ0n) is 7.59. The van der Waals surface area contributed by atoms with E-state index in [4.69, 9.17) is 5.73 Å². The van der Waals surface area contributed by atoms with E-state index >= 15 is 0 Å². The highest BCUT2D eigenvalue weighted by atomic mass is 19.1. The second kappa shape index (κ2) is 3.38. The number of nitrogens with two attached hydrogens (primary N) is 1. The Bertz CT molecular complexity index is 378. The molecule has 2 rings (SSSR count). The summed E-state index contributed by atoms with van der Waals surface area (Å²) in [4.78, 5) is 11.4. The Morgan fingerprint density at radius 3 is 3.00 bits per heavy atom. The van der Waals surface area contributed by atoms with Crippen molar-refractivity contribution in [1.29, 1.82) is 0 Å². The van der Waals surface area contributed by atoms with Gasteiger partial charge in [-0.25, -0.2) is 4.39 Å². The Kier molecular flexibility index (Phi) is 2.21. The zero-order valence-corrected chi connectivity index (χ0v) is 7.59. The van der Waals surface area contributed by atoms with Gasteiger partial charge in [0.2, 0.25) is 5.91 Å². The summed E-state index contributed by atoms with van der Waals surface area (Å²) in [7, 11) is 0. The number of carbonyl (C=O) groups excluding carboxylic acids is 1. The molecule has 1 atom stereocenters. The molecule has 0 spiro atoms. The van der Waals surface area contributed by atoms with Crippen molar-refractivity contribution in [3.05, 3.63) is 29.6 Å². The van der Waals surface area contributed by atoms with Gasteiger partial charge < -0.3 is 11.1 Å². The maximum atomic E-state index is 12.9. The van der Waals surface area contributed by atoms with Crippen molar-refractivity contribution >= 4 is 11.6 Å². The van der Waals surface area contributed by atoms with E-state index in [0.29, 0.717) is 18.7 Å². The molecule has 0 aliphatic carbocycles. The van der Waals surface area contributed by atoms with Crippen LogP contribution < -0.4 is 11.1 Å². The molecule has 1 aromatic rings. The molecule has 1 aromatic carbocycles. The number of carbonyl (C=O) groups is 1. The number of benzene rings is 1. The Hall–Kier alpha value is -1.42.